The quantitative estimate of drug-likeness (QED) is 0.940. The lowest BCUT2D eigenvalue weighted by Crippen LogP contribution is -2.27. The molecule has 21 heavy (non-hydrogen) atoms. The largest absolute Gasteiger partial charge is 0.494 e. The Morgan fingerprint density at radius 2 is 2.00 bits per heavy atom. The summed E-state index contributed by atoms with van der Waals surface area (Å²) in [4.78, 5) is 13.9. The van der Waals surface area contributed by atoms with Crippen molar-refractivity contribution < 1.29 is 13.9 Å². The van der Waals surface area contributed by atoms with Gasteiger partial charge in [0.05, 0.1) is 7.11 Å². The van der Waals surface area contributed by atoms with Crippen molar-refractivity contribution in [2.45, 2.75) is 6.54 Å². The van der Waals surface area contributed by atoms with E-state index in [1.807, 2.05) is 18.2 Å². The predicted molar refractivity (Wildman–Crippen MR) is 80.0 cm³/mol. The number of amides is 1. The number of anilines is 1. The minimum absolute atomic E-state index is 0.108. The van der Waals surface area contributed by atoms with Crippen LogP contribution in [0.3, 0.4) is 0 Å². The van der Waals surface area contributed by atoms with Gasteiger partial charge in [0.2, 0.25) is 0 Å². The molecule has 0 saturated heterocycles. The Kier molecular flexibility index (Phi) is 4.55. The molecule has 2 N–H and O–H groups in total. The van der Waals surface area contributed by atoms with Crippen LogP contribution in [0, 0.1) is 5.82 Å². The van der Waals surface area contributed by atoms with E-state index < -0.39 is 5.82 Å². The first-order valence-electron chi connectivity index (χ1n) is 6.48. The van der Waals surface area contributed by atoms with E-state index in [1.165, 1.54) is 30.2 Å². The van der Waals surface area contributed by atoms with Crippen molar-refractivity contribution in [3.63, 3.8) is 0 Å². The van der Waals surface area contributed by atoms with E-state index >= 15 is 0 Å². The molecule has 2 aromatic rings. The second-order valence-corrected chi connectivity index (χ2v) is 4.55. The molecule has 0 fully saturated rings. The van der Waals surface area contributed by atoms with E-state index in [0.717, 1.165) is 5.56 Å². The molecule has 5 heteroatoms. The van der Waals surface area contributed by atoms with Gasteiger partial charge in [-0.05, 0) is 29.8 Å². The lowest BCUT2D eigenvalue weighted by atomic mass is 10.1. The SMILES string of the molecule is COc1ccc(C(=O)N(C)c2ccccc2CN)cc1F. The highest BCUT2D eigenvalue weighted by atomic mass is 19.1. The number of para-hydroxylation sites is 1. The maximum absolute atomic E-state index is 13.7. The highest BCUT2D eigenvalue weighted by molar-refractivity contribution is 6.06. The van der Waals surface area contributed by atoms with Crippen LogP contribution in [0.4, 0.5) is 10.1 Å². The summed E-state index contributed by atoms with van der Waals surface area (Å²) in [5.41, 5.74) is 7.49. The maximum atomic E-state index is 13.7. The lowest BCUT2D eigenvalue weighted by molar-refractivity contribution is 0.0992. The summed E-state index contributed by atoms with van der Waals surface area (Å²) in [6.07, 6.45) is 0. The van der Waals surface area contributed by atoms with Crippen LogP contribution in [0.2, 0.25) is 0 Å². The van der Waals surface area contributed by atoms with E-state index in [2.05, 4.69) is 0 Å². The summed E-state index contributed by atoms with van der Waals surface area (Å²) in [6.45, 7) is 0.324. The lowest BCUT2D eigenvalue weighted by Gasteiger charge is -2.20. The summed E-state index contributed by atoms with van der Waals surface area (Å²) < 4.78 is 18.6. The first-order chi connectivity index (χ1) is 10.1. The average molecular weight is 288 g/mol. The zero-order chi connectivity index (χ0) is 15.4. The molecule has 0 aromatic heterocycles. The third-order valence-corrected chi connectivity index (χ3v) is 3.28. The van der Waals surface area contributed by atoms with Crippen LogP contribution in [-0.4, -0.2) is 20.1 Å². The van der Waals surface area contributed by atoms with E-state index in [-0.39, 0.29) is 17.2 Å². The van der Waals surface area contributed by atoms with Gasteiger partial charge in [-0.15, -0.1) is 0 Å². The summed E-state index contributed by atoms with van der Waals surface area (Å²) in [6, 6.07) is 11.5. The van der Waals surface area contributed by atoms with Gasteiger partial charge in [-0.3, -0.25) is 4.79 Å². The number of hydrogen-bond acceptors (Lipinski definition) is 3. The molecule has 0 atom stereocenters. The summed E-state index contributed by atoms with van der Waals surface area (Å²) in [7, 11) is 3.02. The molecule has 0 aliphatic rings. The molecule has 0 unspecified atom stereocenters. The van der Waals surface area contributed by atoms with Crippen molar-refractivity contribution >= 4 is 11.6 Å². The maximum Gasteiger partial charge on any atom is 0.258 e. The van der Waals surface area contributed by atoms with Crippen molar-refractivity contribution in [2.75, 3.05) is 19.1 Å². The fraction of sp³-hybridized carbons (Fsp3) is 0.188. The minimum atomic E-state index is -0.566. The van der Waals surface area contributed by atoms with Gasteiger partial charge in [0.1, 0.15) is 0 Å². The Balaban J connectivity index is 2.33. The van der Waals surface area contributed by atoms with Crippen LogP contribution in [0.15, 0.2) is 42.5 Å². The molecule has 110 valence electrons. The molecular weight excluding hydrogens is 271 g/mol. The van der Waals surface area contributed by atoms with Crippen molar-refractivity contribution in [2.24, 2.45) is 5.73 Å². The summed E-state index contributed by atoms with van der Waals surface area (Å²) >= 11 is 0. The highest BCUT2D eigenvalue weighted by Crippen LogP contribution is 2.23. The fourth-order valence-corrected chi connectivity index (χ4v) is 2.11. The van der Waals surface area contributed by atoms with Crippen LogP contribution < -0.4 is 15.4 Å². The summed E-state index contributed by atoms with van der Waals surface area (Å²) in [5, 5.41) is 0. The fourth-order valence-electron chi connectivity index (χ4n) is 2.11. The normalized spacial score (nSPS) is 10.3. The number of carbonyl (C=O) groups is 1. The van der Waals surface area contributed by atoms with Crippen LogP contribution in [0.5, 0.6) is 5.75 Å². The Labute approximate surface area is 122 Å². The number of benzene rings is 2. The molecule has 0 saturated carbocycles. The number of methoxy groups -OCH3 is 1. The van der Waals surface area contributed by atoms with Crippen molar-refractivity contribution in [1.82, 2.24) is 0 Å². The molecule has 2 aromatic carbocycles. The van der Waals surface area contributed by atoms with Crippen molar-refractivity contribution in [3.05, 3.63) is 59.4 Å². The molecule has 4 nitrogen and oxygen atoms in total. The van der Waals surface area contributed by atoms with Gasteiger partial charge in [-0.2, -0.15) is 0 Å². The smallest absolute Gasteiger partial charge is 0.258 e. The molecule has 0 radical (unpaired) electrons. The number of nitrogens with zero attached hydrogens (tertiary/aromatic N) is 1. The monoisotopic (exact) mass is 288 g/mol. The molecule has 0 bridgehead atoms. The van der Waals surface area contributed by atoms with Crippen molar-refractivity contribution in [3.8, 4) is 5.75 Å². The number of nitrogens with two attached hydrogens (primary N) is 1. The second kappa shape index (κ2) is 6.37. The van der Waals surface area contributed by atoms with Gasteiger partial charge < -0.3 is 15.4 Å². The number of ether oxygens (including phenoxy) is 1. The zero-order valence-electron chi connectivity index (χ0n) is 12.0. The second-order valence-electron chi connectivity index (χ2n) is 4.55. The molecule has 0 heterocycles. The standard InChI is InChI=1S/C16H17FN2O2/c1-19(14-6-4-3-5-12(14)10-18)16(20)11-7-8-15(21-2)13(17)9-11/h3-9H,10,18H2,1-2H3. The van der Waals surface area contributed by atoms with Gasteiger partial charge in [0, 0.05) is 24.8 Å². The van der Waals surface area contributed by atoms with E-state index in [4.69, 9.17) is 10.5 Å². The molecule has 0 aliphatic carbocycles. The first-order valence-corrected chi connectivity index (χ1v) is 6.48. The molecule has 1 amide bonds. The molecule has 0 spiro atoms. The third-order valence-electron chi connectivity index (χ3n) is 3.28. The van der Waals surface area contributed by atoms with Gasteiger partial charge in [0.25, 0.3) is 5.91 Å². The Morgan fingerprint density at radius 3 is 2.62 bits per heavy atom. The molecular formula is C16H17FN2O2. The Bertz CT molecular complexity index is 658. The summed E-state index contributed by atoms with van der Waals surface area (Å²) in [5.74, 6) is -0.766. The van der Waals surface area contributed by atoms with Crippen LogP contribution in [-0.2, 0) is 6.54 Å². The van der Waals surface area contributed by atoms with Gasteiger partial charge in [-0.1, -0.05) is 18.2 Å². The van der Waals surface area contributed by atoms with Crippen molar-refractivity contribution in [1.29, 1.82) is 0 Å². The predicted octanol–water partition coefficient (Wildman–Crippen LogP) is 2.57. The van der Waals surface area contributed by atoms with Gasteiger partial charge in [-0.25, -0.2) is 4.39 Å². The molecule has 0 aliphatic heterocycles. The molecule has 2 rings (SSSR count). The first kappa shape index (κ1) is 15.0. The van der Waals surface area contributed by atoms with E-state index in [0.29, 0.717) is 12.2 Å². The number of halogens is 1. The topological polar surface area (TPSA) is 55.6 Å². The zero-order valence-corrected chi connectivity index (χ0v) is 12.0. The van der Waals surface area contributed by atoms with Crippen LogP contribution in [0.25, 0.3) is 0 Å². The number of hydrogen-bond donors (Lipinski definition) is 1. The Hall–Kier alpha value is -2.40. The van der Waals surface area contributed by atoms with Crippen LogP contribution in [0.1, 0.15) is 15.9 Å². The van der Waals surface area contributed by atoms with Gasteiger partial charge in [0.15, 0.2) is 11.6 Å². The minimum Gasteiger partial charge on any atom is -0.494 e. The number of carbonyl (C=O) groups excluding carboxylic acids is 1. The number of rotatable bonds is 4. The third kappa shape index (κ3) is 3.03. The van der Waals surface area contributed by atoms with Crippen LogP contribution >= 0.6 is 0 Å². The highest BCUT2D eigenvalue weighted by Gasteiger charge is 2.17. The Morgan fingerprint density at radius 1 is 1.29 bits per heavy atom. The van der Waals surface area contributed by atoms with E-state index in [1.54, 1.807) is 13.1 Å². The average Bonchev–Trinajstić information content (AvgIpc) is 2.53. The van der Waals surface area contributed by atoms with Gasteiger partial charge >= 0.3 is 0 Å². The van der Waals surface area contributed by atoms with E-state index in [9.17, 15) is 9.18 Å².